The monoisotopic (exact) mass is 285 g/mol. The largest absolute Gasteiger partial charge is 0.461 e. The molecule has 0 aliphatic heterocycles. The van der Waals surface area contributed by atoms with Crippen molar-refractivity contribution in [2.75, 3.05) is 37.4 Å². The van der Waals surface area contributed by atoms with Crippen LogP contribution in [0, 0.1) is 0 Å². The van der Waals surface area contributed by atoms with Crippen molar-refractivity contribution >= 4 is 11.9 Å². The van der Waals surface area contributed by atoms with E-state index >= 15 is 0 Å². The van der Waals surface area contributed by atoms with Gasteiger partial charge in [0.1, 0.15) is 0 Å². The third-order valence-corrected chi connectivity index (χ3v) is 2.15. The van der Waals surface area contributed by atoms with Gasteiger partial charge in [0.25, 0.3) is 0 Å². The van der Waals surface area contributed by atoms with E-state index in [0.29, 0.717) is 18.4 Å². The Morgan fingerprint density at radius 3 is 2.35 bits per heavy atom. The summed E-state index contributed by atoms with van der Waals surface area (Å²) in [6.45, 7) is 6.95. The number of nitrogens with one attached hydrogen (secondary N) is 2. The highest BCUT2D eigenvalue weighted by molar-refractivity contribution is 5.35. The van der Waals surface area contributed by atoms with Crippen LogP contribution >= 0.6 is 0 Å². The van der Waals surface area contributed by atoms with E-state index in [1.54, 1.807) is 0 Å². The van der Waals surface area contributed by atoms with Gasteiger partial charge in [0, 0.05) is 20.2 Å². The molecule has 0 radical (unpaired) electrons. The molecule has 0 bridgehead atoms. The number of hydrogen-bond acceptors (Lipinski definition) is 8. The van der Waals surface area contributed by atoms with E-state index in [4.69, 9.17) is 9.47 Å². The lowest BCUT2D eigenvalue weighted by atomic mass is 10.4. The average Bonchev–Trinajstić information content (AvgIpc) is 2.36. The van der Waals surface area contributed by atoms with E-state index < -0.39 is 6.10 Å². The molecule has 1 aromatic heterocycles. The summed E-state index contributed by atoms with van der Waals surface area (Å²) in [6.07, 6.45) is -0.660. The first-order valence-corrected chi connectivity index (χ1v) is 6.62. The third kappa shape index (κ3) is 5.98. The van der Waals surface area contributed by atoms with Gasteiger partial charge in [-0.3, -0.25) is 0 Å². The first kappa shape index (κ1) is 16.4. The standard InChI is InChI=1S/C12H23N5O3/c1-5-13-10-15-11(14-6-9(18)7-19-4)17-12(16-10)20-8(2)3/h8-9,18H,5-7H2,1-4H3,(H2,13,14,15,16,17). The Morgan fingerprint density at radius 1 is 1.15 bits per heavy atom. The molecule has 1 rings (SSSR count). The molecule has 0 amide bonds. The summed E-state index contributed by atoms with van der Waals surface area (Å²) in [5.74, 6) is 0.781. The van der Waals surface area contributed by atoms with Crippen molar-refractivity contribution in [1.29, 1.82) is 0 Å². The van der Waals surface area contributed by atoms with E-state index in [0.717, 1.165) is 0 Å². The molecule has 0 aliphatic carbocycles. The van der Waals surface area contributed by atoms with Crippen LogP contribution in [-0.2, 0) is 4.74 Å². The van der Waals surface area contributed by atoms with Crippen LogP contribution in [0.4, 0.5) is 11.9 Å². The molecular formula is C12H23N5O3. The lowest BCUT2D eigenvalue weighted by Gasteiger charge is -2.13. The predicted octanol–water partition coefficient (Wildman–Crippen LogP) is 0.510. The number of aliphatic hydroxyl groups excluding tert-OH is 1. The fourth-order valence-corrected chi connectivity index (χ4v) is 1.40. The zero-order chi connectivity index (χ0) is 15.0. The molecule has 0 fully saturated rings. The maximum absolute atomic E-state index is 9.59. The SMILES string of the molecule is CCNc1nc(NCC(O)COC)nc(OC(C)C)n1. The second-order valence-corrected chi connectivity index (χ2v) is 4.45. The Bertz CT molecular complexity index is 403. The smallest absolute Gasteiger partial charge is 0.323 e. The van der Waals surface area contributed by atoms with Crippen LogP contribution in [0.5, 0.6) is 6.01 Å². The highest BCUT2D eigenvalue weighted by Crippen LogP contribution is 2.12. The van der Waals surface area contributed by atoms with E-state index in [2.05, 4.69) is 25.6 Å². The molecule has 0 saturated carbocycles. The van der Waals surface area contributed by atoms with Crippen LogP contribution in [0.3, 0.4) is 0 Å². The number of anilines is 2. The topological polar surface area (TPSA) is 101 Å². The molecule has 0 saturated heterocycles. The fourth-order valence-electron chi connectivity index (χ4n) is 1.40. The zero-order valence-corrected chi connectivity index (χ0v) is 12.4. The van der Waals surface area contributed by atoms with E-state index in [1.165, 1.54) is 7.11 Å². The van der Waals surface area contributed by atoms with Crippen molar-refractivity contribution < 1.29 is 14.6 Å². The zero-order valence-electron chi connectivity index (χ0n) is 12.4. The summed E-state index contributed by atoms with van der Waals surface area (Å²) in [7, 11) is 1.53. The predicted molar refractivity (Wildman–Crippen MR) is 76.1 cm³/mol. The van der Waals surface area contributed by atoms with Crippen LogP contribution < -0.4 is 15.4 Å². The molecule has 8 nitrogen and oxygen atoms in total. The number of aromatic nitrogens is 3. The van der Waals surface area contributed by atoms with Gasteiger partial charge in [0.05, 0.1) is 18.8 Å². The summed E-state index contributed by atoms with van der Waals surface area (Å²) >= 11 is 0. The number of aliphatic hydroxyl groups is 1. The molecule has 1 atom stereocenters. The Kier molecular flexibility index (Phi) is 6.96. The number of nitrogens with zero attached hydrogens (tertiary/aromatic N) is 3. The molecule has 1 unspecified atom stereocenters. The van der Waals surface area contributed by atoms with Crippen LogP contribution in [0.1, 0.15) is 20.8 Å². The van der Waals surface area contributed by atoms with Crippen LogP contribution in [0.25, 0.3) is 0 Å². The van der Waals surface area contributed by atoms with Gasteiger partial charge in [-0.15, -0.1) is 0 Å². The van der Waals surface area contributed by atoms with Crippen molar-refractivity contribution in [3.05, 3.63) is 0 Å². The maximum Gasteiger partial charge on any atom is 0.323 e. The lowest BCUT2D eigenvalue weighted by molar-refractivity contribution is 0.0726. The van der Waals surface area contributed by atoms with E-state index in [9.17, 15) is 5.11 Å². The molecule has 0 spiro atoms. The number of methoxy groups -OCH3 is 1. The highest BCUT2D eigenvalue weighted by Gasteiger charge is 2.10. The molecule has 0 aromatic carbocycles. The van der Waals surface area contributed by atoms with Crippen LogP contribution in [-0.4, -0.2) is 59.1 Å². The second-order valence-electron chi connectivity index (χ2n) is 4.45. The van der Waals surface area contributed by atoms with Gasteiger partial charge in [0.15, 0.2) is 0 Å². The van der Waals surface area contributed by atoms with Gasteiger partial charge in [-0.1, -0.05) is 0 Å². The van der Waals surface area contributed by atoms with Gasteiger partial charge in [-0.05, 0) is 20.8 Å². The number of ether oxygens (including phenoxy) is 2. The Morgan fingerprint density at radius 2 is 1.80 bits per heavy atom. The van der Waals surface area contributed by atoms with Gasteiger partial charge < -0.3 is 25.2 Å². The van der Waals surface area contributed by atoms with Crippen molar-refractivity contribution in [3.8, 4) is 6.01 Å². The van der Waals surface area contributed by atoms with Crippen LogP contribution in [0.2, 0.25) is 0 Å². The van der Waals surface area contributed by atoms with Gasteiger partial charge >= 0.3 is 6.01 Å². The van der Waals surface area contributed by atoms with E-state index in [1.807, 2.05) is 20.8 Å². The van der Waals surface area contributed by atoms with Crippen molar-refractivity contribution in [2.45, 2.75) is 33.0 Å². The lowest BCUT2D eigenvalue weighted by Crippen LogP contribution is -2.25. The van der Waals surface area contributed by atoms with Crippen molar-refractivity contribution in [3.63, 3.8) is 0 Å². The van der Waals surface area contributed by atoms with Gasteiger partial charge in [-0.2, -0.15) is 15.0 Å². The summed E-state index contributed by atoms with van der Waals surface area (Å²) in [5, 5.41) is 15.5. The summed E-state index contributed by atoms with van der Waals surface area (Å²) in [4.78, 5) is 12.5. The highest BCUT2D eigenvalue weighted by atomic mass is 16.5. The fraction of sp³-hybridized carbons (Fsp3) is 0.750. The molecule has 1 aromatic rings. The quantitative estimate of drug-likeness (QED) is 0.603. The molecule has 20 heavy (non-hydrogen) atoms. The summed E-state index contributed by atoms with van der Waals surface area (Å²) in [6, 6.07) is 0.245. The first-order valence-electron chi connectivity index (χ1n) is 6.62. The summed E-state index contributed by atoms with van der Waals surface area (Å²) < 4.78 is 10.3. The minimum atomic E-state index is -0.631. The molecule has 3 N–H and O–H groups in total. The Hall–Kier alpha value is -1.67. The Balaban J connectivity index is 2.74. The minimum absolute atomic E-state index is 0.0289. The third-order valence-electron chi connectivity index (χ3n) is 2.15. The minimum Gasteiger partial charge on any atom is -0.461 e. The number of rotatable bonds is 9. The van der Waals surface area contributed by atoms with Crippen LogP contribution in [0.15, 0.2) is 0 Å². The van der Waals surface area contributed by atoms with Gasteiger partial charge in [-0.25, -0.2) is 0 Å². The Labute approximate surface area is 118 Å². The molecule has 8 heteroatoms. The maximum atomic E-state index is 9.59. The molecule has 1 heterocycles. The average molecular weight is 285 g/mol. The molecule has 114 valence electrons. The van der Waals surface area contributed by atoms with Crippen molar-refractivity contribution in [2.24, 2.45) is 0 Å². The van der Waals surface area contributed by atoms with Crippen molar-refractivity contribution in [1.82, 2.24) is 15.0 Å². The number of hydrogen-bond donors (Lipinski definition) is 3. The molecular weight excluding hydrogens is 262 g/mol. The van der Waals surface area contributed by atoms with Gasteiger partial charge in [0.2, 0.25) is 11.9 Å². The van der Waals surface area contributed by atoms with E-state index in [-0.39, 0.29) is 25.3 Å². The summed E-state index contributed by atoms with van der Waals surface area (Å²) in [5.41, 5.74) is 0. The second kappa shape index (κ2) is 8.49. The first-order chi connectivity index (χ1) is 9.55. The normalized spacial score (nSPS) is 12.3. The molecule has 0 aliphatic rings.